The molecule has 0 aliphatic carbocycles. The minimum Gasteiger partial charge on any atom is -0.345 e. The van der Waals surface area contributed by atoms with Gasteiger partial charge < -0.3 is 10.6 Å². The van der Waals surface area contributed by atoms with Gasteiger partial charge in [-0.25, -0.2) is 4.39 Å². The summed E-state index contributed by atoms with van der Waals surface area (Å²) >= 11 is 0. The van der Waals surface area contributed by atoms with Gasteiger partial charge in [-0.15, -0.1) is 0 Å². The lowest BCUT2D eigenvalue weighted by molar-refractivity contribution is 0.102. The smallest absolute Gasteiger partial charge is 0.255 e. The van der Waals surface area contributed by atoms with Gasteiger partial charge >= 0.3 is 0 Å². The van der Waals surface area contributed by atoms with Crippen molar-refractivity contribution in [2.75, 3.05) is 10.6 Å². The number of nitrogens with one attached hydrogen (secondary N) is 2. The number of halogens is 1. The zero-order chi connectivity index (χ0) is 18.2. The van der Waals surface area contributed by atoms with Crippen molar-refractivity contribution in [2.24, 2.45) is 0 Å². The molecule has 0 aromatic heterocycles. The molecule has 6 nitrogen and oxygen atoms in total. The number of carbonyl (C=O) groups excluding carboxylic acids is 1. The molecule has 0 saturated carbocycles. The molecule has 2 aromatic rings. The summed E-state index contributed by atoms with van der Waals surface area (Å²) in [6.45, 7) is 0. The number of allylic oxidation sites excluding steroid dienone is 2. The minimum absolute atomic E-state index is 0.207. The van der Waals surface area contributed by atoms with Crippen molar-refractivity contribution in [2.45, 2.75) is 0 Å². The van der Waals surface area contributed by atoms with Crippen LogP contribution >= 0.6 is 0 Å². The highest BCUT2D eigenvalue weighted by Gasteiger charge is 2.10. The summed E-state index contributed by atoms with van der Waals surface area (Å²) in [6.07, 6.45) is 0. The van der Waals surface area contributed by atoms with Crippen LogP contribution in [-0.2, 0) is 0 Å². The molecule has 2 N–H and O–H groups in total. The number of benzene rings is 2. The number of carbonyl (C=O) groups is 1. The topological polar surface area (TPSA) is 112 Å². The molecule has 0 heterocycles. The van der Waals surface area contributed by atoms with E-state index in [0.29, 0.717) is 11.4 Å². The molecule has 2 aromatic carbocycles. The Kier molecular flexibility index (Phi) is 5.45. The highest BCUT2D eigenvalue weighted by atomic mass is 19.1. The largest absolute Gasteiger partial charge is 0.345 e. The summed E-state index contributed by atoms with van der Waals surface area (Å²) in [5.41, 5.74) is 0.511. The van der Waals surface area contributed by atoms with Crippen molar-refractivity contribution in [3.63, 3.8) is 0 Å². The van der Waals surface area contributed by atoms with Gasteiger partial charge in [-0.1, -0.05) is 6.07 Å². The van der Waals surface area contributed by atoms with Gasteiger partial charge in [0.15, 0.2) is 5.57 Å². The molecule has 2 rings (SSSR count). The molecule has 0 spiro atoms. The van der Waals surface area contributed by atoms with Crippen molar-refractivity contribution >= 4 is 17.3 Å². The predicted molar refractivity (Wildman–Crippen MR) is 88.3 cm³/mol. The summed E-state index contributed by atoms with van der Waals surface area (Å²) in [6, 6.07) is 16.5. The molecule has 0 aliphatic heterocycles. The molecule has 1 amide bonds. The van der Waals surface area contributed by atoms with Crippen molar-refractivity contribution < 1.29 is 9.18 Å². The Morgan fingerprint density at radius 3 is 2.16 bits per heavy atom. The fraction of sp³-hybridized carbons (Fsp3) is 0. The van der Waals surface area contributed by atoms with E-state index < -0.39 is 11.7 Å². The quantitative estimate of drug-likeness (QED) is 0.835. The first-order valence-corrected chi connectivity index (χ1v) is 6.96. The van der Waals surface area contributed by atoms with Gasteiger partial charge in [-0.05, 0) is 42.5 Å². The monoisotopic (exact) mass is 331 g/mol. The van der Waals surface area contributed by atoms with Gasteiger partial charge in [0.1, 0.15) is 29.7 Å². The average molecular weight is 331 g/mol. The number of nitrogens with zero attached hydrogens (tertiary/aromatic N) is 3. The maximum Gasteiger partial charge on any atom is 0.255 e. The Bertz CT molecular complexity index is 943. The van der Waals surface area contributed by atoms with Crippen LogP contribution in [0.2, 0.25) is 0 Å². The van der Waals surface area contributed by atoms with Crippen LogP contribution in [0.15, 0.2) is 59.8 Å². The molecule has 25 heavy (non-hydrogen) atoms. The Hall–Kier alpha value is -4.15. The SMILES string of the molecule is N#CC(C#N)=C(C#N)Nc1cccc(C(=O)Nc2ccc(F)cc2)c1. The predicted octanol–water partition coefficient (Wildman–Crippen LogP) is 3.31. The third-order valence-corrected chi connectivity index (χ3v) is 3.08. The van der Waals surface area contributed by atoms with Crippen LogP contribution in [0.5, 0.6) is 0 Å². The molecular weight excluding hydrogens is 321 g/mol. The van der Waals surface area contributed by atoms with E-state index in [4.69, 9.17) is 15.8 Å². The lowest BCUT2D eigenvalue weighted by Crippen LogP contribution is -2.12. The third-order valence-electron chi connectivity index (χ3n) is 3.08. The molecule has 0 unspecified atom stereocenters. The molecule has 0 atom stereocenters. The van der Waals surface area contributed by atoms with Gasteiger partial charge in [0, 0.05) is 16.9 Å². The Balaban J connectivity index is 2.21. The number of nitriles is 3. The molecule has 7 heteroatoms. The summed E-state index contributed by atoms with van der Waals surface area (Å²) in [5, 5.41) is 31.9. The highest BCUT2D eigenvalue weighted by Crippen LogP contribution is 2.16. The summed E-state index contributed by atoms with van der Waals surface area (Å²) in [7, 11) is 0. The Labute approximate surface area is 143 Å². The van der Waals surface area contributed by atoms with Gasteiger partial charge in [-0.2, -0.15) is 15.8 Å². The molecule has 0 aliphatic rings. The van der Waals surface area contributed by atoms with Crippen molar-refractivity contribution in [3.05, 3.63) is 71.2 Å². The van der Waals surface area contributed by atoms with Crippen LogP contribution in [0.3, 0.4) is 0 Å². The molecule has 0 radical (unpaired) electrons. The van der Waals surface area contributed by atoms with Gasteiger partial charge in [-0.3, -0.25) is 4.79 Å². The van der Waals surface area contributed by atoms with Crippen LogP contribution in [0.25, 0.3) is 0 Å². The van der Waals surface area contributed by atoms with E-state index in [2.05, 4.69) is 10.6 Å². The lowest BCUT2D eigenvalue weighted by atomic mass is 10.1. The maximum atomic E-state index is 12.9. The van der Waals surface area contributed by atoms with Crippen LogP contribution in [-0.4, -0.2) is 5.91 Å². The van der Waals surface area contributed by atoms with E-state index in [-0.39, 0.29) is 16.8 Å². The molecule has 0 bridgehead atoms. The van der Waals surface area contributed by atoms with Crippen LogP contribution in [0, 0.1) is 39.8 Å². The van der Waals surface area contributed by atoms with Gasteiger partial charge in [0.05, 0.1) is 0 Å². The van der Waals surface area contributed by atoms with E-state index in [0.717, 1.165) is 0 Å². The first-order chi connectivity index (χ1) is 12.1. The second-order valence-corrected chi connectivity index (χ2v) is 4.75. The van der Waals surface area contributed by atoms with E-state index in [9.17, 15) is 9.18 Å². The van der Waals surface area contributed by atoms with E-state index in [1.54, 1.807) is 36.4 Å². The second kappa shape index (κ2) is 7.92. The molecule has 0 fully saturated rings. The standard InChI is InChI=1S/C18H10FN5O/c19-14-4-6-15(7-5-14)24-18(25)12-2-1-3-16(8-12)23-17(11-22)13(9-20)10-21/h1-8,23H,(H,24,25). The van der Waals surface area contributed by atoms with E-state index in [1.165, 1.54) is 30.3 Å². The molecule has 0 saturated heterocycles. The first-order valence-electron chi connectivity index (χ1n) is 6.96. The normalized spacial score (nSPS) is 9.04. The Morgan fingerprint density at radius 1 is 0.880 bits per heavy atom. The minimum atomic E-state index is -0.432. The van der Waals surface area contributed by atoms with Gasteiger partial charge in [0.2, 0.25) is 0 Å². The number of hydrogen-bond donors (Lipinski definition) is 2. The maximum absolute atomic E-state index is 12.9. The zero-order valence-electron chi connectivity index (χ0n) is 12.7. The van der Waals surface area contributed by atoms with E-state index in [1.807, 2.05) is 0 Å². The van der Waals surface area contributed by atoms with Crippen molar-refractivity contribution in [3.8, 4) is 18.2 Å². The lowest BCUT2D eigenvalue weighted by Gasteiger charge is -2.08. The van der Waals surface area contributed by atoms with E-state index >= 15 is 0 Å². The molecule has 120 valence electrons. The van der Waals surface area contributed by atoms with Gasteiger partial charge in [0.25, 0.3) is 5.91 Å². The second-order valence-electron chi connectivity index (χ2n) is 4.75. The summed E-state index contributed by atoms with van der Waals surface area (Å²) in [4.78, 5) is 12.2. The number of rotatable bonds is 4. The average Bonchev–Trinajstić information content (AvgIpc) is 2.64. The van der Waals surface area contributed by atoms with Crippen LogP contribution in [0.4, 0.5) is 15.8 Å². The van der Waals surface area contributed by atoms with Crippen LogP contribution in [0.1, 0.15) is 10.4 Å². The van der Waals surface area contributed by atoms with Crippen LogP contribution < -0.4 is 10.6 Å². The Morgan fingerprint density at radius 2 is 1.56 bits per heavy atom. The number of hydrogen-bond acceptors (Lipinski definition) is 5. The fourth-order valence-electron chi connectivity index (χ4n) is 1.90. The molecular formula is C18H10FN5O. The summed E-state index contributed by atoms with van der Waals surface area (Å²) in [5.74, 6) is -0.843. The third kappa shape index (κ3) is 4.41. The van der Waals surface area contributed by atoms with Crippen molar-refractivity contribution in [1.82, 2.24) is 0 Å². The first kappa shape index (κ1) is 17.2. The summed E-state index contributed by atoms with van der Waals surface area (Å²) < 4.78 is 12.9. The fourth-order valence-corrected chi connectivity index (χ4v) is 1.90. The zero-order valence-corrected chi connectivity index (χ0v) is 12.7. The van der Waals surface area contributed by atoms with Crippen molar-refractivity contribution in [1.29, 1.82) is 15.8 Å². The number of amides is 1. The number of anilines is 2. The highest BCUT2D eigenvalue weighted by molar-refractivity contribution is 6.04.